The lowest BCUT2D eigenvalue weighted by molar-refractivity contribution is -0.108. The molecule has 0 saturated heterocycles. The zero-order chi connectivity index (χ0) is 11.5. The van der Waals surface area contributed by atoms with Gasteiger partial charge in [0, 0.05) is 19.3 Å². The van der Waals surface area contributed by atoms with Gasteiger partial charge in [-0.1, -0.05) is 18.6 Å². The highest BCUT2D eigenvalue weighted by Crippen LogP contribution is 2.07. The molecule has 0 aliphatic heterocycles. The summed E-state index contributed by atoms with van der Waals surface area (Å²) in [5, 5.41) is 0. The predicted molar refractivity (Wildman–Crippen MR) is 65.5 cm³/mol. The Hall–Kier alpha value is -1.03. The Bertz CT molecular complexity index is 248. The van der Waals surface area contributed by atoms with Crippen LogP contribution < -0.4 is 0 Å². The van der Waals surface area contributed by atoms with Crippen LogP contribution in [-0.4, -0.2) is 6.29 Å². The normalized spacial score (nSPS) is 11.1. The number of carbonyl (C=O) groups excluding carboxylic acids is 1. The van der Waals surface area contributed by atoms with Gasteiger partial charge in [0.2, 0.25) is 0 Å². The largest absolute Gasteiger partial charge is 0.303 e. The molecule has 0 fully saturated rings. The van der Waals surface area contributed by atoms with Crippen LogP contribution in [0.15, 0.2) is 11.6 Å². The second-order valence-corrected chi connectivity index (χ2v) is 4.22. The summed E-state index contributed by atoms with van der Waals surface area (Å²) in [5.74, 6) is 6.79. The molecule has 0 aliphatic carbocycles. The van der Waals surface area contributed by atoms with E-state index in [1.807, 2.05) is 0 Å². The van der Waals surface area contributed by atoms with Gasteiger partial charge in [-0.25, -0.2) is 0 Å². The lowest BCUT2D eigenvalue weighted by atomic mass is 10.0. The highest BCUT2D eigenvalue weighted by Gasteiger charge is 1.97. The Morgan fingerprint density at radius 2 is 1.93 bits per heavy atom. The van der Waals surface area contributed by atoms with Crippen molar-refractivity contribution >= 4 is 6.29 Å². The third kappa shape index (κ3) is 10.9. The van der Waals surface area contributed by atoms with Crippen molar-refractivity contribution < 1.29 is 4.79 Å². The Morgan fingerprint density at radius 1 is 1.27 bits per heavy atom. The van der Waals surface area contributed by atoms with E-state index in [1.54, 1.807) is 0 Å². The summed E-state index contributed by atoms with van der Waals surface area (Å²) in [4.78, 5) is 10.2. The molecule has 1 heteroatoms. The van der Waals surface area contributed by atoms with Gasteiger partial charge in [0.15, 0.2) is 0 Å². The lowest BCUT2D eigenvalue weighted by Crippen LogP contribution is -1.93. The van der Waals surface area contributed by atoms with Crippen molar-refractivity contribution in [2.24, 2.45) is 5.92 Å². The zero-order valence-electron chi connectivity index (χ0n) is 10.2. The van der Waals surface area contributed by atoms with Gasteiger partial charge in [0.25, 0.3) is 0 Å². The summed E-state index contributed by atoms with van der Waals surface area (Å²) >= 11 is 0. The smallest absolute Gasteiger partial charge is 0.120 e. The van der Waals surface area contributed by atoms with E-state index in [-0.39, 0.29) is 0 Å². The van der Waals surface area contributed by atoms with Crippen LogP contribution in [0.1, 0.15) is 52.9 Å². The van der Waals surface area contributed by atoms with Crippen LogP contribution in [0.4, 0.5) is 0 Å². The Balaban J connectivity index is 3.46. The number of aldehydes is 1. The van der Waals surface area contributed by atoms with Crippen molar-refractivity contribution in [1.29, 1.82) is 0 Å². The second kappa shape index (κ2) is 9.52. The minimum Gasteiger partial charge on any atom is -0.303 e. The van der Waals surface area contributed by atoms with Crippen molar-refractivity contribution in [2.45, 2.75) is 52.9 Å². The summed E-state index contributed by atoms with van der Waals surface area (Å²) in [6, 6.07) is 0. The van der Waals surface area contributed by atoms with Crippen LogP contribution in [0.3, 0.4) is 0 Å². The molecule has 0 saturated carbocycles. The molecule has 0 bridgehead atoms. The van der Waals surface area contributed by atoms with E-state index in [1.165, 1.54) is 5.57 Å². The first-order chi connectivity index (χ1) is 7.16. The number of rotatable bonds is 6. The van der Waals surface area contributed by atoms with Gasteiger partial charge in [0.1, 0.15) is 6.29 Å². The molecule has 0 radical (unpaired) electrons. The Kier molecular flexibility index (Phi) is 8.87. The van der Waals surface area contributed by atoms with Crippen molar-refractivity contribution in [2.75, 3.05) is 0 Å². The molecule has 15 heavy (non-hydrogen) atoms. The minimum absolute atomic E-state index is 0.481. The highest BCUT2D eigenvalue weighted by atomic mass is 16.1. The number of unbranched alkanes of at least 4 members (excludes halogenated alkanes) is 1. The standard InChI is InChI=1S/C14H22O/c1-13(2)9-7-5-4-6-8-10-14(3)11-12-15/h9,12,14H,5,7-8,10-11H2,1-3H3/t14-/m0/s1. The maximum atomic E-state index is 10.2. The molecule has 0 rings (SSSR count). The SMILES string of the molecule is CC(C)=CCCC#CCC[C@H](C)CC=O. The quantitative estimate of drug-likeness (QED) is 0.280. The summed E-state index contributed by atoms with van der Waals surface area (Å²) < 4.78 is 0. The van der Waals surface area contributed by atoms with Crippen molar-refractivity contribution in [3.8, 4) is 11.8 Å². The van der Waals surface area contributed by atoms with Crippen molar-refractivity contribution in [3.05, 3.63) is 11.6 Å². The van der Waals surface area contributed by atoms with Crippen LogP contribution >= 0.6 is 0 Å². The van der Waals surface area contributed by atoms with Gasteiger partial charge in [-0.05, 0) is 32.6 Å². The fourth-order valence-electron chi connectivity index (χ4n) is 1.21. The molecular weight excluding hydrogens is 184 g/mol. The monoisotopic (exact) mass is 206 g/mol. The zero-order valence-corrected chi connectivity index (χ0v) is 10.2. The molecule has 0 amide bonds. The average molecular weight is 206 g/mol. The third-order valence-electron chi connectivity index (χ3n) is 2.21. The summed E-state index contributed by atoms with van der Waals surface area (Å²) in [6.07, 6.45) is 7.83. The van der Waals surface area contributed by atoms with E-state index in [2.05, 4.69) is 38.7 Å². The molecule has 1 nitrogen and oxygen atoms in total. The number of carbonyl (C=O) groups is 1. The van der Waals surface area contributed by atoms with Gasteiger partial charge < -0.3 is 4.79 Å². The number of allylic oxidation sites excluding steroid dienone is 2. The fourth-order valence-corrected chi connectivity index (χ4v) is 1.21. The molecular formula is C14H22O. The predicted octanol–water partition coefficient (Wildman–Crippen LogP) is 3.74. The molecule has 0 unspecified atom stereocenters. The molecule has 0 aromatic carbocycles. The van der Waals surface area contributed by atoms with Crippen LogP contribution in [0.25, 0.3) is 0 Å². The first-order valence-corrected chi connectivity index (χ1v) is 5.69. The van der Waals surface area contributed by atoms with Crippen molar-refractivity contribution in [1.82, 2.24) is 0 Å². The summed E-state index contributed by atoms with van der Waals surface area (Å²) in [6.45, 7) is 6.31. The lowest BCUT2D eigenvalue weighted by Gasteiger charge is -2.01. The van der Waals surface area contributed by atoms with E-state index in [4.69, 9.17) is 0 Å². The highest BCUT2D eigenvalue weighted by molar-refractivity contribution is 5.49. The van der Waals surface area contributed by atoms with Gasteiger partial charge >= 0.3 is 0 Å². The van der Waals surface area contributed by atoms with Gasteiger partial charge in [-0.15, -0.1) is 11.8 Å². The van der Waals surface area contributed by atoms with E-state index < -0.39 is 0 Å². The Morgan fingerprint density at radius 3 is 2.53 bits per heavy atom. The van der Waals surface area contributed by atoms with Gasteiger partial charge in [0.05, 0.1) is 0 Å². The number of hydrogen-bond donors (Lipinski definition) is 0. The molecule has 0 aromatic rings. The second-order valence-electron chi connectivity index (χ2n) is 4.22. The topological polar surface area (TPSA) is 17.1 Å². The minimum atomic E-state index is 0.481. The van der Waals surface area contributed by atoms with Crippen LogP contribution in [0.2, 0.25) is 0 Å². The van der Waals surface area contributed by atoms with Gasteiger partial charge in [-0.3, -0.25) is 0 Å². The molecule has 0 aromatic heterocycles. The molecule has 0 aliphatic rings. The van der Waals surface area contributed by atoms with E-state index in [0.717, 1.165) is 32.0 Å². The molecule has 84 valence electrons. The van der Waals surface area contributed by atoms with E-state index in [9.17, 15) is 4.79 Å². The van der Waals surface area contributed by atoms with Gasteiger partial charge in [-0.2, -0.15) is 0 Å². The molecule has 0 N–H and O–H groups in total. The molecule has 1 atom stereocenters. The first kappa shape index (κ1) is 14.0. The fraction of sp³-hybridized carbons (Fsp3) is 0.643. The summed E-state index contributed by atoms with van der Waals surface area (Å²) in [5.41, 5.74) is 1.36. The maximum absolute atomic E-state index is 10.2. The third-order valence-corrected chi connectivity index (χ3v) is 2.21. The Labute approximate surface area is 94.0 Å². The van der Waals surface area contributed by atoms with Crippen molar-refractivity contribution in [3.63, 3.8) is 0 Å². The number of hydrogen-bond acceptors (Lipinski definition) is 1. The molecule has 0 spiro atoms. The molecule has 0 heterocycles. The van der Waals surface area contributed by atoms with Crippen LogP contribution in [-0.2, 0) is 4.79 Å². The van der Waals surface area contributed by atoms with E-state index >= 15 is 0 Å². The van der Waals surface area contributed by atoms with E-state index in [0.29, 0.717) is 12.3 Å². The first-order valence-electron chi connectivity index (χ1n) is 5.69. The van der Waals surface area contributed by atoms with Crippen LogP contribution in [0.5, 0.6) is 0 Å². The average Bonchev–Trinajstić information content (AvgIpc) is 2.16. The summed E-state index contributed by atoms with van der Waals surface area (Å²) in [7, 11) is 0. The maximum Gasteiger partial charge on any atom is 0.120 e. The van der Waals surface area contributed by atoms with Crippen LogP contribution in [0, 0.1) is 17.8 Å².